The molecule has 2 amide bonds. The lowest BCUT2D eigenvalue weighted by molar-refractivity contribution is -0.122. The van der Waals surface area contributed by atoms with Crippen LogP contribution in [0.15, 0.2) is 60.3 Å². The van der Waals surface area contributed by atoms with Crippen LogP contribution in [0.3, 0.4) is 0 Å². The second-order valence-electron chi connectivity index (χ2n) is 6.68. The van der Waals surface area contributed by atoms with E-state index in [0.29, 0.717) is 12.2 Å². The molecule has 0 bridgehead atoms. The fraction of sp³-hybridized carbons (Fsp3) is 0.0870. The van der Waals surface area contributed by atoms with Gasteiger partial charge in [-0.3, -0.25) is 19.8 Å². The number of nitrogens with zero attached hydrogens (tertiary/aromatic N) is 2. The molecule has 0 saturated carbocycles. The molecule has 1 fully saturated rings. The minimum Gasteiger partial charge on any atom is -0.335 e. The number of aryl methyl sites for hydroxylation is 1. The maximum absolute atomic E-state index is 13.2. The highest BCUT2D eigenvalue weighted by Gasteiger charge is 2.35. The van der Waals surface area contributed by atoms with Gasteiger partial charge >= 0.3 is 0 Å². The first-order valence-corrected chi connectivity index (χ1v) is 9.40. The van der Waals surface area contributed by atoms with Gasteiger partial charge in [0.2, 0.25) is 0 Å². The van der Waals surface area contributed by atoms with Crippen LogP contribution in [0.2, 0.25) is 0 Å². The highest BCUT2D eigenvalue weighted by molar-refractivity contribution is 7.80. The minimum absolute atomic E-state index is 0.0189. The van der Waals surface area contributed by atoms with Crippen molar-refractivity contribution in [1.29, 1.82) is 0 Å². The monoisotopic (exact) mass is 399 g/mol. The number of nitrogens with one attached hydrogen (secondary N) is 1. The zero-order valence-corrected chi connectivity index (χ0v) is 16.5. The number of aromatic nitrogens is 1. The summed E-state index contributed by atoms with van der Waals surface area (Å²) >= 11 is 5.28. The molecule has 29 heavy (non-hydrogen) atoms. The molecule has 0 atom stereocenters. The van der Waals surface area contributed by atoms with Crippen molar-refractivity contribution >= 4 is 51.8 Å². The predicted octanol–water partition coefficient (Wildman–Crippen LogP) is 3.41. The molecular formula is C23H17N3O2S. The number of amides is 2. The van der Waals surface area contributed by atoms with E-state index < -0.39 is 11.8 Å². The van der Waals surface area contributed by atoms with E-state index in [1.54, 1.807) is 12.1 Å². The highest BCUT2D eigenvalue weighted by Crippen LogP contribution is 2.27. The number of benzene rings is 2. The van der Waals surface area contributed by atoms with Crippen LogP contribution in [0.4, 0.5) is 5.69 Å². The number of rotatable bonds is 3. The van der Waals surface area contributed by atoms with Crippen molar-refractivity contribution in [3.8, 4) is 12.3 Å². The SMILES string of the molecule is C#CCn1cc(C=C2C(=O)NC(=S)N(c3ccccc3C)C2=O)c2ccccc21. The van der Waals surface area contributed by atoms with Crippen molar-refractivity contribution < 1.29 is 9.59 Å². The summed E-state index contributed by atoms with van der Waals surface area (Å²) in [5.41, 5.74) is 3.22. The number of terminal acetylenes is 1. The van der Waals surface area contributed by atoms with Crippen LogP contribution in [-0.4, -0.2) is 21.5 Å². The first-order chi connectivity index (χ1) is 14.0. The summed E-state index contributed by atoms with van der Waals surface area (Å²) in [7, 11) is 0. The molecule has 0 aliphatic carbocycles. The van der Waals surface area contributed by atoms with E-state index in [1.807, 2.05) is 60.2 Å². The number of hydrogen-bond acceptors (Lipinski definition) is 3. The fourth-order valence-electron chi connectivity index (χ4n) is 3.47. The molecule has 1 saturated heterocycles. The number of thiocarbonyl (C=S) groups is 1. The summed E-state index contributed by atoms with van der Waals surface area (Å²) < 4.78 is 1.91. The van der Waals surface area contributed by atoms with Crippen molar-refractivity contribution in [2.24, 2.45) is 0 Å². The number of hydrogen-bond donors (Lipinski definition) is 1. The van der Waals surface area contributed by atoms with Gasteiger partial charge in [-0.2, -0.15) is 0 Å². The van der Waals surface area contributed by atoms with Gasteiger partial charge in [0, 0.05) is 22.7 Å². The van der Waals surface area contributed by atoms with Crippen molar-refractivity contribution in [2.75, 3.05) is 4.90 Å². The number of carbonyl (C=O) groups is 2. The first-order valence-electron chi connectivity index (χ1n) is 8.99. The van der Waals surface area contributed by atoms with Gasteiger partial charge in [0.15, 0.2) is 5.11 Å². The van der Waals surface area contributed by atoms with Crippen LogP contribution in [0, 0.1) is 19.3 Å². The average Bonchev–Trinajstić information content (AvgIpc) is 3.04. The highest BCUT2D eigenvalue weighted by atomic mass is 32.1. The second-order valence-corrected chi connectivity index (χ2v) is 7.06. The summed E-state index contributed by atoms with van der Waals surface area (Å²) in [6.45, 7) is 2.28. The van der Waals surface area contributed by atoms with Gasteiger partial charge in [0.25, 0.3) is 11.8 Å². The van der Waals surface area contributed by atoms with Crippen LogP contribution in [0.25, 0.3) is 17.0 Å². The number of carbonyl (C=O) groups excluding carboxylic acids is 2. The normalized spacial score (nSPS) is 15.7. The maximum atomic E-state index is 13.2. The molecule has 1 N–H and O–H groups in total. The number of fused-ring (bicyclic) bond motifs is 1. The lowest BCUT2D eigenvalue weighted by Gasteiger charge is -2.29. The van der Waals surface area contributed by atoms with Gasteiger partial charge in [-0.25, -0.2) is 0 Å². The van der Waals surface area contributed by atoms with E-state index in [0.717, 1.165) is 22.0 Å². The number of anilines is 1. The standard InChI is InChI=1S/C23H17N3O2S/c1-3-12-25-14-16(17-9-5-7-11-20(17)25)13-18-21(27)24-23(29)26(22(18)28)19-10-6-4-8-15(19)2/h1,4-11,13-14H,12H2,2H3,(H,24,27,29). The molecule has 0 spiro atoms. The maximum Gasteiger partial charge on any atom is 0.270 e. The Hall–Kier alpha value is -3.69. The Morgan fingerprint density at radius 3 is 2.62 bits per heavy atom. The van der Waals surface area contributed by atoms with Crippen LogP contribution in [-0.2, 0) is 16.1 Å². The van der Waals surface area contributed by atoms with E-state index in [9.17, 15) is 9.59 Å². The smallest absolute Gasteiger partial charge is 0.270 e. The molecule has 0 unspecified atom stereocenters. The average molecular weight is 399 g/mol. The molecule has 1 aromatic heterocycles. The topological polar surface area (TPSA) is 54.3 Å². The Bertz CT molecular complexity index is 1250. The molecule has 142 valence electrons. The minimum atomic E-state index is -0.515. The Morgan fingerprint density at radius 1 is 1.14 bits per heavy atom. The summed E-state index contributed by atoms with van der Waals surface area (Å²) in [5.74, 6) is 1.65. The molecule has 4 rings (SSSR count). The van der Waals surface area contributed by atoms with E-state index in [1.165, 1.54) is 4.90 Å². The molecule has 2 aromatic carbocycles. The summed E-state index contributed by atoms with van der Waals surface area (Å²) in [6.07, 6.45) is 8.92. The van der Waals surface area contributed by atoms with Gasteiger partial charge in [0.05, 0.1) is 12.2 Å². The van der Waals surface area contributed by atoms with E-state index in [2.05, 4.69) is 11.2 Å². The first kappa shape index (κ1) is 18.7. The quantitative estimate of drug-likeness (QED) is 0.318. The molecule has 5 nitrogen and oxygen atoms in total. The Kier molecular flexibility index (Phi) is 4.75. The third kappa shape index (κ3) is 3.22. The molecule has 0 radical (unpaired) electrons. The van der Waals surface area contributed by atoms with Crippen molar-refractivity contribution in [2.45, 2.75) is 13.5 Å². The second kappa shape index (κ2) is 7.38. The van der Waals surface area contributed by atoms with Gasteiger partial charge in [0.1, 0.15) is 5.57 Å². The van der Waals surface area contributed by atoms with Crippen LogP contribution >= 0.6 is 12.2 Å². The lowest BCUT2D eigenvalue weighted by Crippen LogP contribution is -2.54. The fourth-order valence-corrected chi connectivity index (χ4v) is 3.74. The summed E-state index contributed by atoms with van der Waals surface area (Å²) in [6, 6.07) is 15.1. The van der Waals surface area contributed by atoms with Crippen molar-refractivity contribution in [3.05, 3.63) is 71.4 Å². The van der Waals surface area contributed by atoms with Crippen molar-refractivity contribution in [1.82, 2.24) is 9.88 Å². The van der Waals surface area contributed by atoms with Crippen LogP contribution < -0.4 is 10.2 Å². The molecule has 6 heteroatoms. The molecular weight excluding hydrogens is 382 g/mol. The van der Waals surface area contributed by atoms with Gasteiger partial charge in [-0.05, 0) is 42.9 Å². The summed E-state index contributed by atoms with van der Waals surface area (Å²) in [5, 5.41) is 3.61. The Morgan fingerprint density at radius 2 is 1.86 bits per heavy atom. The zero-order valence-electron chi connectivity index (χ0n) is 15.7. The van der Waals surface area contributed by atoms with E-state index >= 15 is 0 Å². The molecule has 1 aliphatic heterocycles. The van der Waals surface area contributed by atoms with Gasteiger partial charge in [-0.1, -0.05) is 42.3 Å². The largest absolute Gasteiger partial charge is 0.335 e. The zero-order chi connectivity index (χ0) is 20.5. The van der Waals surface area contributed by atoms with Crippen LogP contribution in [0.5, 0.6) is 0 Å². The Balaban J connectivity index is 1.83. The van der Waals surface area contributed by atoms with Gasteiger partial charge < -0.3 is 4.57 Å². The van der Waals surface area contributed by atoms with Crippen LogP contribution in [0.1, 0.15) is 11.1 Å². The van der Waals surface area contributed by atoms with E-state index in [-0.39, 0.29) is 10.7 Å². The predicted molar refractivity (Wildman–Crippen MR) is 118 cm³/mol. The molecule has 3 aromatic rings. The van der Waals surface area contributed by atoms with Gasteiger partial charge in [-0.15, -0.1) is 6.42 Å². The van der Waals surface area contributed by atoms with Crippen molar-refractivity contribution in [3.63, 3.8) is 0 Å². The lowest BCUT2D eigenvalue weighted by atomic mass is 10.1. The van der Waals surface area contributed by atoms with E-state index in [4.69, 9.17) is 18.6 Å². The Labute approximate surface area is 173 Å². The molecule has 1 aliphatic rings. The third-order valence-electron chi connectivity index (χ3n) is 4.84. The third-order valence-corrected chi connectivity index (χ3v) is 5.12. The summed E-state index contributed by atoms with van der Waals surface area (Å²) in [4.78, 5) is 27.2. The molecule has 2 heterocycles. The number of para-hydroxylation sites is 2.